The minimum atomic E-state index is -0.977. The van der Waals surface area contributed by atoms with E-state index in [0.29, 0.717) is 25.2 Å². The van der Waals surface area contributed by atoms with Crippen molar-refractivity contribution in [1.29, 1.82) is 0 Å². The number of carbonyl (C=O) groups excluding carboxylic acids is 1. The molecule has 1 saturated heterocycles. The number of rotatable bonds is 6. The van der Waals surface area contributed by atoms with Crippen molar-refractivity contribution in [1.82, 2.24) is 15.0 Å². The standard InChI is InChI=1S/C24H27N3O4/c1-17(18-9-11-19(12-10-18)21-25-16-30-26-21)27-14-13-24(31-22(27)28,15-23(2,3)29)20-7-5-4-6-8-20/h4-12,16-17,29H,13-15H2,1-3H3/t17-,24-/m0/s1. The Kier molecular flexibility index (Phi) is 5.54. The van der Waals surface area contributed by atoms with E-state index in [4.69, 9.17) is 9.26 Å². The van der Waals surface area contributed by atoms with Crippen LogP contribution in [-0.2, 0) is 10.3 Å². The molecule has 1 aliphatic heterocycles. The van der Waals surface area contributed by atoms with Crippen LogP contribution in [0.4, 0.5) is 4.79 Å². The third kappa shape index (κ3) is 4.46. The van der Waals surface area contributed by atoms with Crippen molar-refractivity contribution in [2.24, 2.45) is 0 Å². The van der Waals surface area contributed by atoms with Crippen LogP contribution in [0.3, 0.4) is 0 Å². The summed E-state index contributed by atoms with van der Waals surface area (Å²) in [4.78, 5) is 18.9. The van der Waals surface area contributed by atoms with Gasteiger partial charge in [-0.1, -0.05) is 59.8 Å². The van der Waals surface area contributed by atoms with Gasteiger partial charge in [-0.25, -0.2) is 4.79 Å². The Labute approximate surface area is 181 Å². The van der Waals surface area contributed by atoms with Crippen molar-refractivity contribution >= 4 is 6.09 Å². The van der Waals surface area contributed by atoms with Crippen molar-refractivity contribution in [3.05, 3.63) is 72.1 Å². The van der Waals surface area contributed by atoms with E-state index in [-0.39, 0.29) is 12.1 Å². The maximum atomic E-state index is 13.1. The summed E-state index contributed by atoms with van der Waals surface area (Å²) in [7, 11) is 0. The Morgan fingerprint density at radius 3 is 2.45 bits per heavy atom. The predicted molar refractivity (Wildman–Crippen MR) is 115 cm³/mol. The first-order chi connectivity index (χ1) is 14.8. The number of amides is 1. The van der Waals surface area contributed by atoms with Crippen molar-refractivity contribution in [3.63, 3.8) is 0 Å². The summed E-state index contributed by atoms with van der Waals surface area (Å²) in [5.74, 6) is 0.524. The second-order valence-corrected chi connectivity index (χ2v) is 8.71. The number of hydrogen-bond acceptors (Lipinski definition) is 6. The van der Waals surface area contributed by atoms with Gasteiger partial charge in [0.05, 0.1) is 11.6 Å². The van der Waals surface area contributed by atoms with Crippen LogP contribution >= 0.6 is 0 Å². The van der Waals surface area contributed by atoms with E-state index in [0.717, 1.165) is 16.7 Å². The fraction of sp³-hybridized carbons (Fsp3) is 0.375. The third-order valence-corrected chi connectivity index (χ3v) is 5.77. The van der Waals surface area contributed by atoms with Gasteiger partial charge in [0.15, 0.2) is 0 Å². The molecule has 4 rings (SSSR count). The van der Waals surface area contributed by atoms with Crippen LogP contribution in [0.2, 0.25) is 0 Å². The number of benzene rings is 2. The molecule has 2 atom stereocenters. The quantitative estimate of drug-likeness (QED) is 0.621. The van der Waals surface area contributed by atoms with Gasteiger partial charge in [0.25, 0.3) is 0 Å². The van der Waals surface area contributed by atoms with Gasteiger partial charge in [-0.2, -0.15) is 4.98 Å². The maximum absolute atomic E-state index is 13.1. The zero-order chi connectivity index (χ0) is 22.1. The zero-order valence-corrected chi connectivity index (χ0v) is 18.0. The Morgan fingerprint density at radius 2 is 1.87 bits per heavy atom. The van der Waals surface area contributed by atoms with Crippen molar-refractivity contribution < 1.29 is 19.2 Å². The molecule has 2 aromatic carbocycles. The highest BCUT2D eigenvalue weighted by Gasteiger charge is 2.46. The summed E-state index contributed by atoms with van der Waals surface area (Å²) in [6, 6.07) is 17.3. The van der Waals surface area contributed by atoms with Gasteiger partial charge in [-0.05, 0) is 31.9 Å². The molecule has 31 heavy (non-hydrogen) atoms. The molecular formula is C24H27N3O4. The van der Waals surface area contributed by atoms with Crippen molar-refractivity contribution in [3.8, 4) is 11.4 Å². The summed E-state index contributed by atoms with van der Waals surface area (Å²) in [6.45, 7) is 5.99. The number of nitrogens with zero attached hydrogens (tertiary/aromatic N) is 3. The van der Waals surface area contributed by atoms with Gasteiger partial charge < -0.3 is 19.3 Å². The predicted octanol–water partition coefficient (Wildman–Crippen LogP) is 4.70. The lowest BCUT2D eigenvalue weighted by atomic mass is 9.80. The summed E-state index contributed by atoms with van der Waals surface area (Å²) in [6.07, 6.45) is 1.84. The Balaban J connectivity index is 1.54. The van der Waals surface area contributed by atoms with Crippen molar-refractivity contribution in [2.45, 2.75) is 50.9 Å². The van der Waals surface area contributed by atoms with Gasteiger partial charge in [-0.3, -0.25) is 0 Å². The number of carbonyl (C=O) groups is 1. The van der Waals surface area contributed by atoms with E-state index in [9.17, 15) is 9.90 Å². The number of aliphatic hydroxyl groups is 1. The van der Waals surface area contributed by atoms with Gasteiger partial charge in [0, 0.05) is 24.9 Å². The molecule has 2 heterocycles. The Morgan fingerprint density at radius 1 is 1.16 bits per heavy atom. The molecule has 3 aromatic rings. The molecule has 1 fully saturated rings. The van der Waals surface area contributed by atoms with Gasteiger partial charge in [0.1, 0.15) is 5.60 Å². The highest BCUT2D eigenvalue weighted by Crippen LogP contribution is 2.42. The smallest absolute Gasteiger partial charge is 0.411 e. The van der Waals surface area contributed by atoms with E-state index < -0.39 is 11.2 Å². The SMILES string of the molecule is C[C@@H](c1ccc(-c2ncon2)cc1)N1CC[C@](CC(C)(C)O)(c2ccccc2)OC1=O. The van der Waals surface area contributed by atoms with E-state index >= 15 is 0 Å². The molecule has 0 spiro atoms. The molecule has 0 aliphatic carbocycles. The average molecular weight is 421 g/mol. The van der Waals surface area contributed by atoms with E-state index in [1.54, 1.807) is 18.7 Å². The van der Waals surface area contributed by atoms with Crippen LogP contribution in [0.15, 0.2) is 65.5 Å². The lowest BCUT2D eigenvalue weighted by Crippen LogP contribution is -2.51. The minimum Gasteiger partial charge on any atom is -0.438 e. The van der Waals surface area contributed by atoms with Gasteiger partial charge in [-0.15, -0.1) is 0 Å². The summed E-state index contributed by atoms with van der Waals surface area (Å²) >= 11 is 0. The lowest BCUT2D eigenvalue weighted by molar-refractivity contribution is -0.101. The summed E-state index contributed by atoms with van der Waals surface area (Å²) < 4.78 is 10.9. The monoisotopic (exact) mass is 421 g/mol. The van der Waals surface area contributed by atoms with Gasteiger partial charge in [0.2, 0.25) is 12.2 Å². The molecule has 0 radical (unpaired) electrons. The molecule has 7 nitrogen and oxygen atoms in total. The Hall–Kier alpha value is -3.19. The Bertz CT molecular complexity index is 1010. The number of aromatic nitrogens is 2. The molecule has 0 bridgehead atoms. The lowest BCUT2D eigenvalue weighted by Gasteiger charge is -2.45. The molecule has 0 unspecified atom stereocenters. The highest BCUT2D eigenvalue weighted by atomic mass is 16.6. The number of ether oxygens (including phenoxy) is 1. The maximum Gasteiger partial charge on any atom is 0.411 e. The topological polar surface area (TPSA) is 88.7 Å². The minimum absolute atomic E-state index is 0.164. The van der Waals surface area contributed by atoms with E-state index in [1.165, 1.54) is 6.39 Å². The van der Waals surface area contributed by atoms with Crippen LogP contribution < -0.4 is 0 Å². The molecule has 162 valence electrons. The fourth-order valence-electron chi connectivity index (χ4n) is 4.28. The molecule has 1 aromatic heterocycles. The van der Waals surface area contributed by atoms with E-state index in [2.05, 4.69) is 10.1 Å². The van der Waals surface area contributed by atoms with Crippen LogP contribution in [0.1, 0.15) is 50.8 Å². The molecular weight excluding hydrogens is 394 g/mol. The van der Waals surface area contributed by atoms with Gasteiger partial charge >= 0.3 is 6.09 Å². The molecule has 1 amide bonds. The first-order valence-electron chi connectivity index (χ1n) is 10.4. The fourth-order valence-corrected chi connectivity index (χ4v) is 4.28. The van der Waals surface area contributed by atoms with Crippen LogP contribution in [0.5, 0.6) is 0 Å². The van der Waals surface area contributed by atoms with Crippen LogP contribution in [0.25, 0.3) is 11.4 Å². The largest absolute Gasteiger partial charge is 0.438 e. The molecule has 7 heteroatoms. The van der Waals surface area contributed by atoms with Crippen LogP contribution in [-0.4, -0.2) is 38.4 Å². The summed E-state index contributed by atoms with van der Waals surface area (Å²) in [5.41, 5.74) is 0.907. The highest BCUT2D eigenvalue weighted by molar-refractivity contribution is 5.70. The van der Waals surface area contributed by atoms with Crippen LogP contribution in [0, 0.1) is 0 Å². The average Bonchev–Trinajstić information content (AvgIpc) is 3.28. The number of hydrogen-bond donors (Lipinski definition) is 1. The second kappa shape index (κ2) is 8.15. The molecule has 1 aliphatic rings. The second-order valence-electron chi connectivity index (χ2n) is 8.71. The molecule has 1 N–H and O–H groups in total. The first-order valence-corrected chi connectivity index (χ1v) is 10.4. The van der Waals surface area contributed by atoms with E-state index in [1.807, 2.05) is 61.5 Å². The normalized spacial score (nSPS) is 20.4. The first kappa shape index (κ1) is 21.1. The zero-order valence-electron chi connectivity index (χ0n) is 18.0. The third-order valence-electron chi connectivity index (χ3n) is 5.77. The van der Waals surface area contributed by atoms with Crippen molar-refractivity contribution in [2.75, 3.05) is 6.54 Å². The number of cyclic esters (lactones) is 1. The summed E-state index contributed by atoms with van der Waals surface area (Å²) in [5, 5.41) is 14.4. The molecule has 0 saturated carbocycles.